The third-order valence-electron chi connectivity index (χ3n) is 8.25. The maximum atomic E-state index is 9.87. The SMILES string of the molecule is CCCCCCCCCCCCCCCCCCN.CCCCCCCCCCCCCCCCCCN=C=O. The number of isocyanates is 1. The van der Waals surface area contributed by atoms with Crippen LogP contribution in [-0.2, 0) is 4.79 Å². The van der Waals surface area contributed by atoms with Crippen LogP contribution in [0.1, 0.15) is 219 Å². The van der Waals surface area contributed by atoms with Crippen molar-refractivity contribution in [2.24, 2.45) is 10.7 Å². The number of rotatable bonds is 33. The predicted octanol–water partition coefficient (Wildman–Crippen LogP) is 12.8. The molecular formula is C37H76N2O. The van der Waals surface area contributed by atoms with Gasteiger partial charge in [-0.15, -0.1) is 0 Å². The highest BCUT2D eigenvalue weighted by molar-refractivity contribution is 5.32. The van der Waals surface area contributed by atoms with E-state index in [0.29, 0.717) is 6.54 Å². The molecule has 0 aromatic rings. The Labute approximate surface area is 253 Å². The molecule has 0 spiro atoms. The first-order valence-corrected chi connectivity index (χ1v) is 18.6. The normalized spacial score (nSPS) is 10.8. The molecule has 0 amide bonds. The van der Waals surface area contributed by atoms with E-state index in [9.17, 15) is 4.79 Å². The first-order valence-electron chi connectivity index (χ1n) is 18.6. The van der Waals surface area contributed by atoms with Crippen LogP contribution in [0.4, 0.5) is 0 Å². The van der Waals surface area contributed by atoms with Crippen molar-refractivity contribution in [3.63, 3.8) is 0 Å². The summed E-state index contributed by atoms with van der Waals surface area (Å²) in [5.41, 5.74) is 5.48. The van der Waals surface area contributed by atoms with Crippen LogP contribution in [0.15, 0.2) is 4.99 Å². The van der Waals surface area contributed by atoms with Gasteiger partial charge in [0.1, 0.15) is 0 Å². The molecule has 0 aliphatic heterocycles. The summed E-state index contributed by atoms with van der Waals surface area (Å²) in [7, 11) is 0. The molecule has 0 heterocycles. The Balaban J connectivity index is 0. The minimum Gasteiger partial charge on any atom is -0.330 e. The molecule has 0 saturated heterocycles. The summed E-state index contributed by atoms with van der Waals surface area (Å²) in [5, 5.41) is 0. The molecule has 0 aromatic heterocycles. The Morgan fingerprint density at radius 1 is 0.375 bits per heavy atom. The second kappa shape index (κ2) is 42.8. The van der Waals surface area contributed by atoms with Gasteiger partial charge in [-0.2, -0.15) is 0 Å². The maximum absolute atomic E-state index is 9.87. The van der Waals surface area contributed by atoms with E-state index in [1.54, 1.807) is 6.08 Å². The van der Waals surface area contributed by atoms with E-state index in [1.165, 1.54) is 199 Å². The average molecular weight is 565 g/mol. The molecule has 0 unspecified atom stereocenters. The van der Waals surface area contributed by atoms with Crippen LogP contribution in [-0.4, -0.2) is 19.2 Å². The molecule has 0 aromatic carbocycles. The first-order chi connectivity index (χ1) is 19.8. The molecule has 0 rings (SSSR count). The molecule has 0 radical (unpaired) electrons. The summed E-state index contributed by atoms with van der Waals surface area (Å²) in [6, 6.07) is 0. The molecule has 0 aliphatic rings. The Bertz CT molecular complexity index is 445. The number of hydrogen-bond acceptors (Lipinski definition) is 3. The summed E-state index contributed by atoms with van der Waals surface area (Å²) in [5.74, 6) is 0. The van der Waals surface area contributed by atoms with Crippen LogP contribution < -0.4 is 5.73 Å². The van der Waals surface area contributed by atoms with E-state index >= 15 is 0 Å². The lowest BCUT2D eigenvalue weighted by molar-refractivity contribution is 0.529. The lowest BCUT2D eigenvalue weighted by Gasteiger charge is -2.03. The van der Waals surface area contributed by atoms with Gasteiger partial charge in [-0.1, -0.05) is 206 Å². The summed E-state index contributed by atoms with van der Waals surface area (Å²) >= 11 is 0. The molecule has 0 fully saturated rings. The minimum absolute atomic E-state index is 0.669. The van der Waals surface area contributed by atoms with E-state index < -0.39 is 0 Å². The molecule has 40 heavy (non-hydrogen) atoms. The molecule has 0 atom stereocenters. The third-order valence-corrected chi connectivity index (χ3v) is 8.25. The standard InChI is InChI=1S/C19H37NO.C18H39N/c1-2-3-4-5-6-7-8-9-10-11-12-13-14-15-16-17-18-20-19-21;1-2-3-4-5-6-7-8-9-10-11-12-13-14-15-16-17-18-19/h2-18H2,1H3;2-19H2,1H3. The highest BCUT2D eigenvalue weighted by atomic mass is 16.1. The van der Waals surface area contributed by atoms with Crippen LogP contribution in [0.2, 0.25) is 0 Å². The summed E-state index contributed by atoms with van der Waals surface area (Å²) in [6.07, 6.45) is 46.5. The van der Waals surface area contributed by atoms with Crippen molar-refractivity contribution >= 4 is 6.08 Å². The lowest BCUT2D eigenvalue weighted by atomic mass is 10.0. The Morgan fingerprint density at radius 3 is 0.825 bits per heavy atom. The van der Waals surface area contributed by atoms with Crippen LogP contribution >= 0.6 is 0 Å². The molecule has 0 saturated carbocycles. The highest BCUT2D eigenvalue weighted by Gasteiger charge is 1.95. The molecule has 0 bridgehead atoms. The van der Waals surface area contributed by atoms with E-state index in [4.69, 9.17) is 5.73 Å². The van der Waals surface area contributed by atoms with Crippen LogP contribution in [0.25, 0.3) is 0 Å². The van der Waals surface area contributed by atoms with Gasteiger partial charge in [-0.25, -0.2) is 9.79 Å². The number of carbonyl (C=O) groups excluding carboxylic acids is 1. The number of nitrogens with two attached hydrogens (primary N) is 1. The number of nitrogens with zero attached hydrogens (tertiary/aromatic N) is 1. The van der Waals surface area contributed by atoms with Gasteiger partial charge in [-0.05, 0) is 19.4 Å². The number of aliphatic imine (C=N–C) groups is 1. The van der Waals surface area contributed by atoms with E-state index in [-0.39, 0.29) is 0 Å². The average Bonchev–Trinajstić information content (AvgIpc) is 2.97. The van der Waals surface area contributed by atoms with Crippen molar-refractivity contribution in [3.8, 4) is 0 Å². The zero-order valence-corrected chi connectivity index (χ0v) is 28.0. The minimum atomic E-state index is 0.669. The van der Waals surface area contributed by atoms with Crippen LogP contribution in [0.3, 0.4) is 0 Å². The van der Waals surface area contributed by atoms with Crippen molar-refractivity contribution in [1.29, 1.82) is 0 Å². The maximum Gasteiger partial charge on any atom is 0.234 e. The van der Waals surface area contributed by atoms with Gasteiger partial charge < -0.3 is 5.73 Å². The topological polar surface area (TPSA) is 55.4 Å². The molecule has 0 aliphatic carbocycles. The Kier molecular flexibility index (Phi) is 44.4. The predicted molar refractivity (Wildman–Crippen MR) is 181 cm³/mol. The zero-order chi connectivity index (χ0) is 29.5. The number of unbranched alkanes of at least 4 members (excludes halogenated alkanes) is 30. The van der Waals surface area contributed by atoms with Crippen LogP contribution in [0, 0.1) is 0 Å². The summed E-state index contributed by atoms with van der Waals surface area (Å²) in [4.78, 5) is 13.4. The van der Waals surface area contributed by atoms with Gasteiger partial charge in [0.25, 0.3) is 0 Å². The molecule has 3 nitrogen and oxygen atoms in total. The van der Waals surface area contributed by atoms with Gasteiger partial charge in [0.2, 0.25) is 6.08 Å². The van der Waals surface area contributed by atoms with Crippen LogP contribution in [0.5, 0.6) is 0 Å². The largest absolute Gasteiger partial charge is 0.330 e. The summed E-state index contributed by atoms with van der Waals surface area (Å²) in [6.45, 7) is 6.11. The van der Waals surface area contributed by atoms with Crippen molar-refractivity contribution < 1.29 is 4.79 Å². The quantitative estimate of drug-likeness (QED) is 0.0489. The highest BCUT2D eigenvalue weighted by Crippen LogP contribution is 2.15. The van der Waals surface area contributed by atoms with E-state index in [1.807, 2.05) is 0 Å². The van der Waals surface area contributed by atoms with Gasteiger partial charge in [0.05, 0.1) is 6.54 Å². The van der Waals surface area contributed by atoms with Gasteiger partial charge in [-0.3, -0.25) is 0 Å². The zero-order valence-electron chi connectivity index (χ0n) is 28.0. The fourth-order valence-corrected chi connectivity index (χ4v) is 5.48. The van der Waals surface area contributed by atoms with Crippen molar-refractivity contribution in [2.45, 2.75) is 219 Å². The smallest absolute Gasteiger partial charge is 0.234 e. The molecule has 3 heteroatoms. The molecule has 240 valence electrons. The van der Waals surface area contributed by atoms with E-state index in [0.717, 1.165) is 13.0 Å². The monoisotopic (exact) mass is 565 g/mol. The van der Waals surface area contributed by atoms with Crippen molar-refractivity contribution in [3.05, 3.63) is 0 Å². The van der Waals surface area contributed by atoms with Gasteiger partial charge in [0.15, 0.2) is 0 Å². The van der Waals surface area contributed by atoms with Gasteiger partial charge >= 0.3 is 0 Å². The lowest BCUT2D eigenvalue weighted by Crippen LogP contribution is -1.97. The van der Waals surface area contributed by atoms with Gasteiger partial charge in [0, 0.05) is 0 Å². The Hall–Kier alpha value is -0.660. The fraction of sp³-hybridized carbons (Fsp3) is 0.973. The second-order valence-electron chi connectivity index (χ2n) is 12.4. The Morgan fingerprint density at radius 2 is 0.600 bits per heavy atom. The number of hydrogen-bond donors (Lipinski definition) is 1. The first kappa shape index (κ1) is 41.5. The fourth-order valence-electron chi connectivity index (χ4n) is 5.48. The van der Waals surface area contributed by atoms with Crippen molar-refractivity contribution in [1.82, 2.24) is 0 Å². The molecular weight excluding hydrogens is 488 g/mol. The van der Waals surface area contributed by atoms with E-state index in [2.05, 4.69) is 18.8 Å². The van der Waals surface area contributed by atoms with Crippen molar-refractivity contribution in [2.75, 3.05) is 13.1 Å². The third kappa shape index (κ3) is 44.4. The summed E-state index contributed by atoms with van der Waals surface area (Å²) < 4.78 is 0. The molecule has 2 N–H and O–H groups in total. The second-order valence-corrected chi connectivity index (χ2v) is 12.4.